The molecule has 1 fully saturated rings. The number of rotatable bonds is 2. The third-order valence-corrected chi connectivity index (χ3v) is 5.46. The first-order valence-corrected chi connectivity index (χ1v) is 6.90. The molecule has 1 saturated heterocycles. The molecule has 3 atom stereocenters. The largest absolute Gasteiger partial charge is 0.378 e. The Balaban J connectivity index is 2.16. The Morgan fingerprint density at radius 3 is 2.93 bits per heavy atom. The van der Waals surface area contributed by atoms with Gasteiger partial charge in [-0.3, -0.25) is 0 Å². The fourth-order valence-corrected chi connectivity index (χ4v) is 3.77. The standard InChI is InChI=1S/C10H13BrClNOS/c1-5-6(2-3-14-5)9(13)8-4-7(11)10(12)15-8/h4-6,9H,2-3,13H2,1H3. The molecular weight excluding hydrogens is 298 g/mol. The summed E-state index contributed by atoms with van der Waals surface area (Å²) < 4.78 is 7.23. The first-order chi connectivity index (χ1) is 7.09. The van der Waals surface area contributed by atoms with E-state index in [0.29, 0.717) is 5.92 Å². The Labute approximate surface area is 107 Å². The highest BCUT2D eigenvalue weighted by molar-refractivity contribution is 9.10. The molecule has 5 heteroatoms. The fourth-order valence-electron chi connectivity index (χ4n) is 1.96. The number of thiophene rings is 1. The third kappa shape index (κ3) is 2.39. The fraction of sp³-hybridized carbons (Fsp3) is 0.600. The number of ether oxygens (including phenoxy) is 1. The molecule has 3 unspecified atom stereocenters. The molecule has 2 nitrogen and oxygen atoms in total. The van der Waals surface area contributed by atoms with Gasteiger partial charge in [0.25, 0.3) is 0 Å². The second kappa shape index (κ2) is 4.72. The molecule has 2 N–H and O–H groups in total. The molecule has 2 rings (SSSR count). The Hall–Kier alpha value is 0.390. The quantitative estimate of drug-likeness (QED) is 0.906. The molecule has 0 aromatic carbocycles. The first kappa shape index (κ1) is 11.9. The molecule has 1 aromatic rings. The van der Waals surface area contributed by atoms with Crippen molar-refractivity contribution in [1.82, 2.24) is 0 Å². The zero-order chi connectivity index (χ0) is 11.0. The van der Waals surface area contributed by atoms with Gasteiger partial charge in [-0.25, -0.2) is 0 Å². The van der Waals surface area contributed by atoms with Crippen LogP contribution < -0.4 is 5.73 Å². The lowest BCUT2D eigenvalue weighted by Gasteiger charge is -2.20. The molecule has 0 bridgehead atoms. The van der Waals surface area contributed by atoms with Crippen LogP contribution >= 0.6 is 38.9 Å². The average Bonchev–Trinajstić information content (AvgIpc) is 2.74. The maximum Gasteiger partial charge on any atom is 0.107 e. The summed E-state index contributed by atoms with van der Waals surface area (Å²) in [5.74, 6) is 0.409. The zero-order valence-electron chi connectivity index (χ0n) is 8.37. The molecule has 0 aliphatic carbocycles. The number of hydrogen-bond donors (Lipinski definition) is 1. The molecular formula is C10H13BrClNOS. The Bertz CT molecular complexity index is 338. The molecule has 84 valence electrons. The molecule has 1 aromatic heterocycles. The average molecular weight is 311 g/mol. The van der Waals surface area contributed by atoms with E-state index in [0.717, 1.165) is 26.7 Å². The van der Waals surface area contributed by atoms with Gasteiger partial charge in [0.15, 0.2) is 0 Å². The minimum absolute atomic E-state index is 0.0382. The highest BCUT2D eigenvalue weighted by Crippen LogP contribution is 2.39. The van der Waals surface area contributed by atoms with Crippen LogP contribution in [0.15, 0.2) is 10.5 Å². The molecule has 2 heterocycles. The van der Waals surface area contributed by atoms with Crippen molar-refractivity contribution in [2.75, 3.05) is 6.61 Å². The molecule has 1 aliphatic rings. The van der Waals surface area contributed by atoms with Crippen molar-refractivity contribution >= 4 is 38.9 Å². The summed E-state index contributed by atoms with van der Waals surface area (Å²) in [6.45, 7) is 2.90. The van der Waals surface area contributed by atoms with Crippen LogP contribution in [-0.2, 0) is 4.74 Å². The van der Waals surface area contributed by atoms with Crippen molar-refractivity contribution in [1.29, 1.82) is 0 Å². The maximum atomic E-state index is 6.22. The van der Waals surface area contributed by atoms with Crippen LogP contribution in [0.1, 0.15) is 24.3 Å². The molecule has 0 spiro atoms. The van der Waals surface area contributed by atoms with Crippen LogP contribution in [0, 0.1) is 5.92 Å². The molecule has 15 heavy (non-hydrogen) atoms. The van der Waals surface area contributed by atoms with Crippen molar-refractivity contribution in [3.63, 3.8) is 0 Å². The summed E-state index contributed by atoms with van der Waals surface area (Å²) >= 11 is 11.0. The minimum atomic E-state index is 0.0382. The summed E-state index contributed by atoms with van der Waals surface area (Å²) in [5, 5.41) is 0. The summed E-state index contributed by atoms with van der Waals surface area (Å²) in [4.78, 5) is 1.13. The predicted octanol–water partition coefficient (Wildman–Crippen LogP) is 3.59. The summed E-state index contributed by atoms with van der Waals surface area (Å²) in [7, 11) is 0. The lowest BCUT2D eigenvalue weighted by molar-refractivity contribution is 0.0998. The van der Waals surface area contributed by atoms with E-state index in [1.165, 1.54) is 0 Å². The molecule has 1 aliphatic heterocycles. The third-order valence-electron chi connectivity index (χ3n) is 2.89. The highest BCUT2D eigenvalue weighted by atomic mass is 79.9. The predicted molar refractivity (Wildman–Crippen MR) is 67.5 cm³/mol. The monoisotopic (exact) mass is 309 g/mol. The topological polar surface area (TPSA) is 35.2 Å². The molecule has 0 radical (unpaired) electrons. The van der Waals surface area contributed by atoms with Crippen LogP contribution in [-0.4, -0.2) is 12.7 Å². The summed E-state index contributed by atoms with van der Waals surface area (Å²) in [5.41, 5.74) is 6.22. The Kier molecular flexibility index (Phi) is 3.73. The smallest absolute Gasteiger partial charge is 0.107 e. The van der Waals surface area contributed by atoms with Crippen LogP contribution in [0.5, 0.6) is 0 Å². The van der Waals surface area contributed by atoms with Gasteiger partial charge in [0.05, 0.1) is 6.10 Å². The van der Waals surface area contributed by atoms with Crippen LogP contribution in [0.3, 0.4) is 0 Å². The van der Waals surface area contributed by atoms with Gasteiger partial charge in [-0.05, 0) is 35.3 Å². The highest BCUT2D eigenvalue weighted by Gasteiger charge is 2.31. The van der Waals surface area contributed by atoms with E-state index in [9.17, 15) is 0 Å². The summed E-state index contributed by atoms with van der Waals surface area (Å²) in [6, 6.07) is 2.05. The second-order valence-corrected chi connectivity index (χ2v) is 6.36. The minimum Gasteiger partial charge on any atom is -0.378 e. The van der Waals surface area contributed by atoms with Gasteiger partial charge in [0, 0.05) is 27.9 Å². The van der Waals surface area contributed by atoms with E-state index in [1.54, 1.807) is 11.3 Å². The molecule has 0 amide bonds. The van der Waals surface area contributed by atoms with Gasteiger partial charge in [0.1, 0.15) is 4.34 Å². The lowest BCUT2D eigenvalue weighted by Crippen LogP contribution is -2.25. The van der Waals surface area contributed by atoms with Gasteiger partial charge in [-0.15, -0.1) is 11.3 Å². The number of halogens is 2. The maximum absolute atomic E-state index is 6.22. The summed E-state index contributed by atoms with van der Waals surface area (Å²) in [6.07, 6.45) is 1.29. The Morgan fingerprint density at radius 1 is 1.73 bits per heavy atom. The van der Waals surface area contributed by atoms with Crippen molar-refractivity contribution < 1.29 is 4.74 Å². The van der Waals surface area contributed by atoms with Gasteiger partial charge >= 0.3 is 0 Å². The van der Waals surface area contributed by atoms with E-state index < -0.39 is 0 Å². The van der Waals surface area contributed by atoms with Gasteiger partial charge in [0.2, 0.25) is 0 Å². The van der Waals surface area contributed by atoms with E-state index in [4.69, 9.17) is 22.1 Å². The lowest BCUT2D eigenvalue weighted by atomic mass is 9.93. The van der Waals surface area contributed by atoms with Crippen LogP contribution in [0.2, 0.25) is 4.34 Å². The zero-order valence-corrected chi connectivity index (χ0v) is 11.5. The van der Waals surface area contributed by atoms with E-state index >= 15 is 0 Å². The van der Waals surface area contributed by atoms with Gasteiger partial charge < -0.3 is 10.5 Å². The first-order valence-electron chi connectivity index (χ1n) is 4.91. The number of nitrogens with two attached hydrogens (primary N) is 1. The van der Waals surface area contributed by atoms with Crippen LogP contribution in [0.4, 0.5) is 0 Å². The molecule has 0 saturated carbocycles. The van der Waals surface area contributed by atoms with E-state index in [-0.39, 0.29) is 12.1 Å². The van der Waals surface area contributed by atoms with Crippen LogP contribution in [0.25, 0.3) is 0 Å². The number of hydrogen-bond acceptors (Lipinski definition) is 3. The van der Waals surface area contributed by atoms with E-state index in [2.05, 4.69) is 22.9 Å². The van der Waals surface area contributed by atoms with E-state index in [1.807, 2.05) is 6.07 Å². The van der Waals surface area contributed by atoms with Gasteiger partial charge in [-0.1, -0.05) is 11.6 Å². The second-order valence-electron chi connectivity index (χ2n) is 3.82. The van der Waals surface area contributed by atoms with Crippen molar-refractivity contribution in [3.05, 3.63) is 19.8 Å². The Morgan fingerprint density at radius 2 is 2.47 bits per heavy atom. The van der Waals surface area contributed by atoms with Crippen molar-refractivity contribution in [2.45, 2.75) is 25.5 Å². The van der Waals surface area contributed by atoms with Crippen molar-refractivity contribution in [3.8, 4) is 0 Å². The van der Waals surface area contributed by atoms with Gasteiger partial charge in [-0.2, -0.15) is 0 Å². The SMILES string of the molecule is CC1OCCC1C(N)c1cc(Br)c(Cl)s1. The van der Waals surface area contributed by atoms with Crippen molar-refractivity contribution in [2.24, 2.45) is 11.7 Å². The normalized spacial score (nSPS) is 28.3.